The normalized spacial score (nSPS) is 12.8. The Hall–Kier alpha value is -1.60. The van der Waals surface area contributed by atoms with Gasteiger partial charge in [0.05, 0.1) is 31.8 Å². The van der Waals surface area contributed by atoms with Gasteiger partial charge in [-0.05, 0) is 30.7 Å². The molecule has 2 aromatic heterocycles. The average Bonchev–Trinajstić information content (AvgIpc) is 3.21. The van der Waals surface area contributed by atoms with Crippen molar-refractivity contribution in [3.8, 4) is 0 Å². The van der Waals surface area contributed by atoms with Crippen molar-refractivity contribution in [3.63, 3.8) is 0 Å². The van der Waals surface area contributed by atoms with Gasteiger partial charge in [-0.25, -0.2) is 0 Å². The molecule has 1 N–H and O–H groups in total. The predicted octanol–water partition coefficient (Wildman–Crippen LogP) is 2.29. The van der Waals surface area contributed by atoms with E-state index < -0.39 is 6.10 Å². The van der Waals surface area contributed by atoms with Crippen LogP contribution in [0.1, 0.15) is 17.9 Å². The van der Waals surface area contributed by atoms with E-state index in [0.29, 0.717) is 26.3 Å². The van der Waals surface area contributed by atoms with Crippen LogP contribution >= 0.6 is 0 Å². The second-order valence-corrected chi connectivity index (χ2v) is 5.41. The smallest absolute Gasteiger partial charge is 0.129 e. The molecule has 0 radical (unpaired) electrons. The van der Waals surface area contributed by atoms with Gasteiger partial charge in [0, 0.05) is 26.8 Å². The lowest BCUT2D eigenvalue weighted by atomic mass is 10.3. The molecule has 6 nitrogen and oxygen atoms in total. The van der Waals surface area contributed by atoms with Gasteiger partial charge in [0.25, 0.3) is 0 Å². The summed E-state index contributed by atoms with van der Waals surface area (Å²) in [6, 6.07) is 7.46. The van der Waals surface area contributed by atoms with Gasteiger partial charge >= 0.3 is 0 Å². The summed E-state index contributed by atoms with van der Waals surface area (Å²) in [6.07, 6.45) is 3.60. The van der Waals surface area contributed by atoms with Crippen molar-refractivity contribution in [2.24, 2.45) is 0 Å². The van der Waals surface area contributed by atoms with E-state index in [2.05, 4.69) is 4.90 Å². The molecule has 2 aromatic rings. The molecule has 2 heterocycles. The molecule has 128 valence electrons. The maximum atomic E-state index is 10.2. The third-order valence-electron chi connectivity index (χ3n) is 3.39. The van der Waals surface area contributed by atoms with Gasteiger partial charge in [0.1, 0.15) is 18.1 Å². The summed E-state index contributed by atoms with van der Waals surface area (Å²) in [4.78, 5) is 2.14. The van der Waals surface area contributed by atoms with Crippen LogP contribution < -0.4 is 0 Å². The van der Waals surface area contributed by atoms with Gasteiger partial charge < -0.3 is 23.4 Å². The number of methoxy groups -OCH3 is 1. The molecule has 1 atom stereocenters. The lowest BCUT2D eigenvalue weighted by molar-refractivity contribution is 0.00193. The predicted molar refractivity (Wildman–Crippen MR) is 84.8 cm³/mol. The number of hydrogen-bond acceptors (Lipinski definition) is 6. The van der Waals surface area contributed by atoms with Crippen LogP contribution in [0.5, 0.6) is 0 Å². The topological polar surface area (TPSA) is 68.2 Å². The summed E-state index contributed by atoms with van der Waals surface area (Å²) >= 11 is 0. The molecule has 2 rings (SSSR count). The van der Waals surface area contributed by atoms with Gasteiger partial charge in [-0.2, -0.15) is 0 Å². The van der Waals surface area contributed by atoms with Crippen LogP contribution in [0, 0.1) is 0 Å². The van der Waals surface area contributed by atoms with Crippen molar-refractivity contribution in [1.29, 1.82) is 0 Å². The molecule has 0 bridgehead atoms. The number of rotatable bonds is 12. The summed E-state index contributed by atoms with van der Waals surface area (Å²) < 4.78 is 21.1. The molecule has 0 saturated carbocycles. The first kappa shape index (κ1) is 17.7. The van der Waals surface area contributed by atoms with Crippen LogP contribution in [0.3, 0.4) is 0 Å². The van der Waals surface area contributed by atoms with E-state index in [1.54, 1.807) is 19.6 Å². The summed E-state index contributed by atoms with van der Waals surface area (Å²) in [7, 11) is 1.69. The standard InChI is InChI=1S/C17H25NO5/c1-20-8-4-7-18(12-16-5-2-9-22-16)11-15(19)13-21-14-17-6-3-10-23-17/h2-3,5-6,9-10,15,19H,4,7-8,11-14H2,1H3. The SMILES string of the molecule is COCCCN(Cc1ccco1)CC(O)COCc1ccco1. The number of ether oxygens (including phenoxy) is 2. The highest BCUT2D eigenvalue weighted by Crippen LogP contribution is 2.08. The van der Waals surface area contributed by atoms with Crippen molar-refractivity contribution < 1.29 is 23.4 Å². The molecule has 0 aliphatic rings. The Morgan fingerprint density at radius 2 is 1.91 bits per heavy atom. The number of nitrogens with zero attached hydrogens (tertiary/aromatic N) is 1. The van der Waals surface area contributed by atoms with E-state index in [9.17, 15) is 5.11 Å². The molecule has 0 saturated heterocycles. The zero-order chi connectivity index (χ0) is 16.3. The van der Waals surface area contributed by atoms with Gasteiger partial charge in [-0.1, -0.05) is 0 Å². The maximum absolute atomic E-state index is 10.2. The highest BCUT2D eigenvalue weighted by atomic mass is 16.5. The van der Waals surface area contributed by atoms with Crippen molar-refractivity contribution in [2.45, 2.75) is 25.7 Å². The first-order valence-electron chi connectivity index (χ1n) is 7.80. The molecule has 23 heavy (non-hydrogen) atoms. The van der Waals surface area contributed by atoms with Crippen molar-refractivity contribution in [1.82, 2.24) is 4.90 Å². The largest absolute Gasteiger partial charge is 0.468 e. The molecule has 0 aliphatic heterocycles. The van der Waals surface area contributed by atoms with E-state index in [0.717, 1.165) is 24.5 Å². The van der Waals surface area contributed by atoms with Crippen LogP contribution in [0.15, 0.2) is 45.6 Å². The van der Waals surface area contributed by atoms with Crippen LogP contribution in [0.2, 0.25) is 0 Å². The number of hydrogen-bond donors (Lipinski definition) is 1. The van der Waals surface area contributed by atoms with Gasteiger partial charge in [-0.15, -0.1) is 0 Å². The van der Waals surface area contributed by atoms with Crippen LogP contribution in [-0.2, 0) is 22.6 Å². The highest BCUT2D eigenvalue weighted by Gasteiger charge is 2.14. The fraction of sp³-hybridized carbons (Fsp3) is 0.529. The van der Waals surface area contributed by atoms with Crippen molar-refractivity contribution >= 4 is 0 Å². The minimum absolute atomic E-state index is 0.264. The maximum Gasteiger partial charge on any atom is 0.129 e. The van der Waals surface area contributed by atoms with E-state index in [1.807, 2.05) is 24.3 Å². The molecular weight excluding hydrogens is 298 g/mol. The van der Waals surface area contributed by atoms with Crippen molar-refractivity contribution in [2.75, 3.05) is 33.4 Å². The Kier molecular flexibility index (Phi) is 7.89. The summed E-state index contributed by atoms with van der Waals surface area (Å²) in [5.74, 6) is 1.64. The van der Waals surface area contributed by atoms with Crippen molar-refractivity contribution in [3.05, 3.63) is 48.3 Å². The molecular formula is C17H25NO5. The molecule has 1 unspecified atom stereocenters. The second-order valence-electron chi connectivity index (χ2n) is 5.41. The van der Waals surface area contributed by atoms with E-state index in [-0.39, 0.29) is 6.61 Å². The minimum Gasteiger partial charge on any atom is -0.468 e. The highest BCUT2D eigenvalue weighted by molar-refractivity contribution is 4.98. The molecule has 6 heteroatoms. The monoisotopic (exact) mass is 323 g/mol. The quantitative estimate of drug-likeness (QED) is 0.605. The number of furan rings is 2. The lowest BCUT2D eigenvalue weighted by Gasteiger charge is -2.24. The van der Waals surface area contributed by atoms with Gasteiger partial charge in [0.2, 0.25) is 0 Å². The molecule has 0 amide bonds. The third-order valence-corrected chi connectivity index (χ3v) is 3.39. The molecule has 0 aliphatic carbocycles. The molecule has 0 spiro atoms. The van der Waals surface area contributed by atoms with E-state index in [4.69, 9.17) is 18.3 Å². The molecule has 0 aromatic carbocycles. The Labute approximate surface area is 136 Å². The Balaban J connectivity index is 1.73. The first-order valence-corrected chi connectivity index (χ1v) is 7.80. The fourth-order valence-electron chi connectivity index (χ4n) is 2.33. The van der Waals surface area contributed by atoms with Gasteiger partial charge in [0.15, 0.2) is 0 Å². The number of aliphatic hydroxyl groups is 1. The summed E-state index contributed by atoms with van der Waals surface area (Å²) in [6.45, 7) is 3.32. The summed E-state index contributed by atoms with van der Waals surface area (Å²) in [5.41, 5.74) is 0. The lowest BCUT2D eigenvalue weighted by Crippen LogP contribution is -2.35. The van der Waals surface area contributed by atoms with Crippen LogP contribution in [-0.4, -0.2) is 49.5 Å². The zero-order valence-corrected chi connectivity index (χ0v) is 13.5. The summed E-state index contributed by atoms with van der Waals surface area (Å²) in [5, 5.41) is 10.2. The van der Waals surface area contributed by atoms with E-state index >= 15 is 0 Å². The second kappa shape index (κ2) is 10.2. The van der Waals surface area contributed by atoms with Gasteiger partial charge in [-0.3, -0.25) is 4.90 Å². The Bertz CT molecular complexity index is 497. The Morgan fingerprint density at radius 3 is 2.57 bits per heavy atom. The van der Waals surface area contributed by atoms with E-state index in [1.165, 1.54) is 0 Å². The third kappa shape index (κ3) is 7.00. The Morgan fingerprint density at radius 1 is 1.17 bits per heavy atom. The fourth-order valence-corrected chi connectivity index (χ4v) is 2.33. The number of aliphatic hydroxyl groups excluding tert-OH is 1. The minimum atomic E-state index is -0.567. The van der Waals surface area contributed by atoms with Crippen LogP contribution in [0.4, 0.5) is 0 Å². The first-order chi connectivity index (χ1) is 11.3. The molecule has 0 fully saturated rings. The zero-order valence-electron chi connectivity index (χ0n) is 13.5. The average molecular weight is 323 g/mol. The van der Waals surface area contributed by atoms with Crippen LogP contribution in [0.25, 0.3) is 0 Å².